The number of carbonyl (C=O) groups is 1. The third kappa shape index (κ3) is 12.1. The number of esters is 1. The van der Waals surface area contributed by atoms with Crippen molar-refractivity contribution in [2.24, 2.45) is 0 Å². The van der Waals surface area contributed by atoms with Crippen LogP contribution in [-0.4, -0.2) is 64.3 Å². The number of pyridine rings is 1. The number of sulfonamides is 2. The maximum absolute atomic E-state index is 12.8. The number of carbonyl (C=O) groups excluding carboxylic acids is 1. The van der Waals surface area contributed by atoms with Crippen molar-refractivity contribution >= 4 is 71.2 Å². The number of allylic oxidation sites excluding steroid dienone is 1. The molecule has 0 N–H and O–H groups in total. The molecule has 0 bridgehead atoms. The van der Waals surface area contributed by atoms with E-state index in [1.54, 1.807) is 84.6 Å². The molecule has 25 heteroatoms. The lowest BCUT2D eigenvalue weighted by molar-refractivity contribution is -0.0510. The summed E-state index contributed by atoms with van der Waals surface area (Å²) < 4.78 is 189. The summed E-state index contributed by atoms with van der Waals surface area (Å²) in [5, 5.41) is 1.93. The van der Waals surface area contributed by atoms with Gasteiger partial charge in [0, 0.05) is 23.3 Å². The minimum atomic E-state index is -6.88. The third-order valence-corrected chi connectivity index (χ3v) is 12.7. The van der Waals surface area contributed by atoms with Crippen LogP contribution in [-0.2, 0) is 44.5 Å². The van der Waals surface area contributed by atoms with Crippen LogP contribution in [0.2, 0.25) is 0 Å². The number of nitrogens with zero attached hydrogens (tertiary/aromatic N) is 3. The smallest absolute Gasteiger partial charge is 0.462 e. The molecule has 0 spiro atoms. The fraction of sp³-hybridized carbons (Fsp3) is 0.286. The van der Waals surface area contributed by atoms with Crippen molar-refractivity contribution in [2.75, 3.05) is 10.3 Å². The molecular formula is C35H32F9N3O9S4. The van der Waals surface area contributed by atoms with Crippen molar-refractivity contribution in [3.05, 3.63) is 117 Å². The molecule has 0 fully saturated rings. The molecule has 0 radical (unpaired) electrons. The van der Waals surface area contributed by atoms with Crippen LogP contribution in [0.4, 0.5) is 45.3 Å². The number of halogens is 9. The molecule has 0 saturated heterocycles. The zero-order valence-corrected chi connectivity index (χ0v) is 34.5. The zero-order chi connectivity index (χ0) is 45.5. The monoisotopic (exact) mass is 937 g/mol. The number of hydrogen-bond donors (Lipinski definition) is 0. The maximum Gasteiger partial charge on any atom is 0.534 e. The van der Waals surface area contributed by atoms with E-state index in [9.17, 15) is 69.6 Å². The second kappa shape index (κ2) is 18.7. The van der Waals surface area contributed by atoms with Gasteiger partial charge in [-0.25, -0.2) is 9.78 Å². The minimum Gasteiger partial charge on any atom is -0.462 e. The van der Waals surface area contributed by atoms with Crippen molar-refractivity contribution in [3.8, 4) is 0 Å². The Morgan fingerprint density at radius 1 is 0.833 bits per heavy atom. The lowest BCUT2D eigenvalue weighted by Crippen LogP contribution is -2.49. The van der Waals surface area contributed by atoms with Gasteiger partial charge in [0.2, 0.25) is 0 Å². The third-order valence-electron chi connectivity index (χ3n) is 7.66. The summed E-state index contributed by atoms with van der Waals surface area (Å²) in [4.78, 5) is 18.5. The molecule has 0 atom stereocenters. The number of anilines is 1. The second-order valence-electron chi connectivity index (χ2n) is 12.6. The van der Waals surface area contributed by atoms with Gasteiger partial charge in [-0.3, -0.25) is 4.98 Å². The van der Waals surface area contributed by atoms with Gasteiger partial charge in [-0.2, -0.15) is 64.8 Å². The molecule has 12 nitrogen and oxygen atoms in total. The Morgan fingerprint density at radius 2 is 1.40 bits per heavy atom. The predicted octanol–water partition coefficient (Wildman–Crippen LogP) is 8.96. The number of hydrogen-bond acceptors (Lipinski definition) is 12. The van der Waals surface area contributed by atoms with Crippen LogP contribution in [0.1, 0.15) is 65.4 Å². The van der Waals surface area contributed by atoms with Crippen molar-refractivity contribution in [3.63, 3.8) is 0 Å². The van der Waals surface area contributed by atoms with Gasteiger partial charge in [0.15, 0.2) is 5.82 Å². The van der Waals surface area contributed by atoms with E-state index >= 15 is 0 Å². The van der Waals surface area contributed by atoms with Gasteiger partial charge in [0.25, 0.3) is 0 Å². The molecule has 0 aliphatic heterocycles. The normalized spacial score (nSPS) is 14.4. The summed E-state index contributed by atoms with van der Waals surface area (Å²) >= 11 is 1.60. The molecule has 328 valence electrons. The van der Waals surface area contributed by atoms with Gasteiger partial charge in [-0.1, -0.05) is 56.3 Å². The summed E-state index contributed by atoms with van der Waals surface area (Å²) in [7, 11) is -19.5. The highest BCUT2D eigenvalue weighted by molar-refractivity contribution is 8.11. The molecular weight excluding hydrogens is 906 g/mol. The number of alkyl halides is 9. The molecule has 0 amide bonds. The van der Waals surface area contributed by atoms with Gasteiger partial charge < -0.3 is 8.92 Å². The highest BCUT2D eigenvalue weighted by atomic mass is 32.3. The number of aryl methyl sites for hydroxylation is 1. The first-order valence-electron chi connectivity index (χ1n) is 16.4. The standard InChI is InChI=1S/C24H23F3O5S.C8H6F6N2O4S2.C3H3NS/c1-4-31-22(28)18-10-7-16(8-11-18)5-6-17-9-12-20-19(15-17)21(13-14-23(20,2)3)32-33(29,30)24(25,26)27;1-5-2-3-6(15-4-5)16(21(17,18)7(9,10)11)22(19,20)8(12,13)14;1-2-5-3-4-1/h5-13,15H,4,14H2,1-3H3;2-4H,1H3;1-3H/b6-5+;;. The van der Waals surface area contributed by atoms with Gasteiger partial charge in [-0.05, 0) is 78.3 Å². The molecule has 2 aromatic heterocycles. The van der Waals surface area contributed by atoms with Gasteiger partial charge >= 0.3 is 52.7 Å². The Hall–Kier alpha value is -5.01. The highest BCUT2D eigenvalue weighted by Crippen LogP contribution is 2.42. The van der Waals surface area contributed by atoms with Crippen molar-refractivity contribution in [1.29, 1.82) is 0 Å². The van der Waals surface area contributed by atoms with Crippen LogP contribution in [0.3, 0.4) is 0 Å². The molecule has 2 aromatic carbocycles. The van der Waals surface area contributed by atoms with E-state index in [1.807, 2.05) is 19.2 Å². The first-order valence-corrected chi connectivity index (χ1v) is 21.7. The van der Waals surface area contributed by atoms with Crippen LogP contribution in [0.5, 0.6) is 0 Å². The average molecular weight is 938 g/mol. The number of benzene rings is 2. The van der Waals surface area contributed by atoms with Crippen LogP contribution in [0, 0.1) is 6.92 Å². The summed E-state index contributed by atoms with van der Waals surface area (Å²) in [6.07, 6.45) is 7.67. The lowest BCUT2D eigenvalue weighted by atomic mass is 9.75. The van der Waals surface area contributed by atoms with E-state index in [0.29, 0.717) is 40.9 Å². The molecule has 5 rings (SSSR count). The SMILES string of the molecule is CCOC(=O)c1ccc(/C=C/c2ccc3c(c2)C(OS(=O)(=O)C(F)(F)F)=CCC3(C)C)cc1.Cc1ccc(N(S(=O)(=O)C(F)(F)F)S(=O)(=O)C(F)(F)F)nc1.c1cscn1. The fourth-order valence-electron chi connectivity index (χ4n) is 4.72. The summed E-state index contributed by atoms with van der Waals surface area (Å²) in [6.45, 7) is 7.17. The van der Waals surface area contributed by atoms with E-state index in [0.717, 1.165) is 11.6 Å². The van der Waals surface area contributed by atoms with E-state index in [2.05, 4.69) is 14.2 Å². The first kappa shape index (κ1) is 49.4. The Morgan fingerprint density at radius 3 is 1.85 bits per heavy atom. The van der Waals surface area contributed by atoms with Gasteiger partial charge in [-0.15, -0.1) is 15.0 Å². The average Bonchev–Trinajstić information content (AvgIpc) is 3.73. The number of aromatic nitrogens is 2. The number of fused-ring (bicyclic) bond motifs is 1. The van der Waals surface area contributed by atoms with Crippen molar-refractivity contribution in [2.45, 2.75) is 56.1 Å². The molecule has 1 aliphatic rings. The first-order chi connectivity index (χ1) is 27.5. The Balaban J connectivity index is 0.000000305. The molecule has 0 unspecified atom stereocenters. The molecule has 1 aliphatic carbocycles. The van der Waals surface area contributed by atoms with E-state index in [-0.39, 0.29) is 17.9 Å². The Kier molecular flexibility index (Phi) is 15.4. The van der Waals surface area contributed by atoms with Crippen molar-refractivity contribution < 1.29 is 78.5 Å². The number of rotatable bonds is 9. The Labute approximate surface area is 342 Å². The van der Waals surface area contributed by atoms with Crippen LogP contribution in [0.15, 0.2) is 84.0 Å². The van der Waals surface area contributed by atoms with Gasteiger partial charge in [0.1, 0.15) is 5.76 Å². The topological polar surface area (TPSA) is 167 Å². The maximum atomic E-state index is 12.8. The van der Waals surface area contributed by atoms with E-state index < -0.39 is 67.6 Å². The number of thiazole rings is 1. The summed E-state index contributed by atoms with van der Waals surface area (Å²) in [6, 6.07) is 13.2. The lowest BCUT2D eigenvalue weighted by Gasteiger charge is -2.31. The fourth-order valence-corrected chi connectivity index (χ4v) is 8.18. The predicted molar refractivity (Wildman–Crippen MR) is 203 cm³/mol. The largest absolute Gasteiger partial charge is 0.534 e. The van der Waals surface area contributed by atoms with E-state index in [4.69, 9.17) is 4.74 Å². The minimum absolute atomic E-state index is 0.248. The van der Waals surface area contributed by atoms with Crippen LogP contribution < -0.4 is 3.71 Å². The highest BCUT2D eigenvalue weighted by Gasteiger charge is 2.62. The van der Waals surface area contributed by atoms with E-state index in [1.165, 1.54) is 13.0 Å². The molecule has 60 heavy (non-hydrogen) atoms. The molecule has 2 heterocycles. The second-order valence-corrected chi connectivity index (χ2v) is 18.7. The molecule has 0 saturated carbocycles. The van der Waals surface area contributed by atoms with Crippen LogP contribution >= 0.6 is 11.3 Å². The summed E-state index contributed by atoms with van der Waals surface area (Å²) in [5.74, 6) is -2.31. The zero-order valence-electron chi connectivity index (χ0n) is 31.2. The molecule has 4 aromatic rings. The Bertz CT molecular complexity index is 2440. The van der Waals surface area contributed by atoms with Crippen LogP contribution in [0.25, 0.3) is 17.9 Å². The summed E-state index contributed by atoms with van der Waals surface area (Å²) in [5.41, 5.74) is -13.6. The quantitative estimate of drug-likeness (QED) is 0.0517. The number of ether oxygens (including phenoxy) is 1. The van der Waals surface area contributed by atoms with Crippen molar-refractivity contribution in [1.82, 2.24) is 9.97 Å². The van der Waals surface area contributed by atoms with Gasteiger partial charge in [0.05, 0.1) is 17.7 Å².